The third-order valence-electron chi connectivity index (χ3n) is 1.33. The van der Waals surface area contributed by atoms with Gasteiger partial charge in [0.1, 0.15) is 13.5 Å². The van der Waals surface area contributed by atoms with Crippen LogP contribution in [0.5, 0.6) is 0 Å². The van der Waals surface area contributed by atoms with Gasteiger partial charge in [-0.2, -0.15) is 0 Å². The predicted octanol–water partition coefficient (Wildman–Crippen LogP) is 0.288. The molecular formula is C7H14N2O2. The SMILES string of the molecule is CCOCOCN1C=CNC1. The second-order valence-corrected chi connectivity index (χ2v) is 2.21. The molecule has 64 valence electrons. The van der Waals surface area contributed by atoms with Crippen molar-refractivity contribution < 1.29 is 9.47 Å². The molecule has 0 radical (unpaired) electrons. The van der Waals surface area contributed by atoms with E-state index < -0.39 is 0 Å². The summed E-state index contributed by atoms with van der Waals surface area (Å²) in [5, 5.41) is 3.04. The number of nitrogens with zero attached hydrogens (tertiary/aromatic N) is 1. The lowest BCUT2D eigenvalue weighted by Crippen LogP contribution is -2.23. The van der Waals surface area contributed by atoms with Crippen LogP contribution in [-0.2, 0) is 9.47 Å². The Bertz CT molecular complexity index is 128. The Balaban J connectivity index is 1.90. The van der Waals surface area contributed by atoms with Crippen LogP contribution in [-0.4, -0.2) is 31.7 Å². The predicted molar refractivity (Wildman–Crippen MR) is 41.4 cm³/mol. The van der Waals surface area contributed by atoms with E-state index in [2.05, 4.69) is 5.32 Å². The minimum Gasteiger partial charge on any atom is -0.372 e. The van der Waals surface area contributed by atoms with Crippen LogP contribution < -0.4 is 5.32 Å². The molecule has 0 bridgehead atoms. The molecule has 0 aromatic heterocycles. The van der Waals surface area contributed by atoms with Gasteiger partial charge in [0.25, 0.3) is 0 Å². The first-order chi connectivity index (χ1) is 5.43. The molecule has 0 amide bonds. The Morgan fingerprint density at radius 3 is 3.09 bits per heavy atom. The van der Waals surface area contributed by atoms with Crippen molar-refractivity contribution in [2.45, 2.75) is 6.92 Å². The maximum absolute atomic E-state index is 5.17. The number of nitrogens with one attached hydrogen (secondary N) is 1. The highest BCUT2D eigenvalue weighted by molar-refractivity contribution is 4.85. The monoisotopic (exact) mass is 158 g/mol. The van der Waals surface area contributed by atoms with Crippen LogP contribution in [0.15, 0.2) is 12.4 Å². The lowest BCUT2D eigenvalue weighted by atomic mass is 10.8. The van der Waals surface area contributed by atoms with Gasteiger partial charge in [0.05, 0.1) is 6.67 Å². The van der Waals surface area contributed by atoms with E-state index in [1.54, 1.807) is 0 Å². The van der Waals surface area contributed by atoms with Crippen molar-refractivity contribution in [3.63, 3.8) is 0 Å². The molecule has 1 heterocycles. The smallest absolute Gasteiger partial charge is 0.149 e. The van der Waals surface area contributed by atoms with Crippen LogP contribution in [0, 0.1) is 0 Å². The maximum Gasteiger partial charge on any atom is 0.149 e. The van der Waals surface area contributed by atoms with Crippen molar-refractivity contribution in [1.82, 2.24) is 10.2 Å². The number of hydrogen-bond acceptors (Lipinski definition) is 4. The average molecular weight is 158 g/mol. The van der Waals surface area contributed by atoms with Gasteiger partial charge < -0.3 is 19.7 Å². The van der Waals surface area contributed by atoms with Crippen LogP contribution in [0.2, 0.25) is 0 Å². The fourth-order valence-corrected chi connectivity index (χ4v) is 0.766. The number of rotatable bonds is 5. The zero-order valence-corrected chi connectivity index (χ0v) is 6.75. The molecule has 0 aromatic carbocycles. The van der Waals surface area contributed by atoms with Gasteiger partial charge in [0.2, 0.25) is 0 Å². The molecule has 0 aromatic rings. The zero-order valence-electron chi connectivity index (χ0n) is 6.75. The third kappa shape index (κ3) is 3.25. The van der Waals surface area contributed by atoms with E-state index in [-0.39, 0.29) is 0 Å². The molecule has 1 aliphatic heterocycles. The first kappa shape index (κ1) is 8.36. The van der Waals surface area contributed by atoms with E-state index in [1.165, 1.54) is 0 Å². The van der Waals surface area contributed by atoms with Gasteiger partial charge in [-0.3, -0.25) is 0 Å². The Morgan fingerprint density at radius 2 is 2.45 bits per heavy atom. The van der Waals surface area contributed by atoms with Crippen LogP contribution >= 0.6 is 0 Å². The van der Waals surface area contributed by atoms with E-state index in [4.69, 9.17) is 9.47 Å². The molecule has 0 unspecified atom stereocenters. The van der Waals surface area contributed by atoms with Gasteiger partial charge in [-0.05, 0) is 6.92 Å². The molecule has 0 fully saturated rings. The first-order valence-corrected chi connectivity index (χ1v) is 3.73. The molecule has 4 heteroatoms. The Kier molecular flexibility index (Phi) is 3.79. The molecule has 0 saturated carbocycles. The van der Waals surface area contributed by atoms with Crippen molar-refractivity contribution in [2.24, 2.45) is 0 Å². The Hall–Kier alpha value is -0.740. The second kappa shape index (κ2) is 4.98. The maximum atomic E-state index is 5.17. The summed E-state index contributed by atoms with van der Waals surface area (Å²) >= 11 is 0. The van der Waals surface area contributed by atoms with Crippen molar-refractivity contribution >= 4 is 0 Å². The van der Waals surface area contributed by atoms with Crippen LogP contribution in [0.1, 0.15) is 6.92 Å². The summed E-state index contributed by atoms with van der Waals surface area (Å²) in [5.74, 6) is 0. The van der Waals surface area contributed by atoms with Crippen LogP contribution in [0.25, 0.3) is 0 Å². The normalized spacial score (nSPS) is 15.5. The van der Waals surface area contributed by atoms with E-state index >= 15 is 0 Å². The fraction of sp³-hybridized carbons (Fsp3) is 0.714. The summed E-state index contributed by atoms with van der Waals surface area (Å²) in [5.41, 5.74) is 0. The van der Waals surface area contributed by atoms with Crippen molar-refractivity contribution in [1.29, 1.82) is 0 Å². The van der Waals surface area contributed by atoms with Gasteiger partial charge in [-0.25, -0.2) is 0 Å². The highest BCUT2D eigenvalue weighted by Crippen LogP contribution is 1.93. The zero-order chi connectivity index (χ0) is 7.94. The summed E-state index contributed by atoms with van der Waals surface area (Å²) < 4.78 is 10.2. The van der Waals surface area contributed by atoms with Gasteiger partial charge in [-0.15, -0.1) is 0 Å². The second-order valence-electron chi connectivity index (χ2n) is 2.21. The summed E-state index contributed by atoms with van der Waals surface area (Å²) in [6, 6.07) is 0. The Labute approximate surface area is 66.8 Å². The topological polar surface area (TPSA) is 33.7 Å². The summed E-state index contributed by atoms with van der Waals surface area (Å²) in [6.07, 6.45) is 3.84. The largest absolute Gasteiger partial charge is 0.372 e. The van der Waals surface area contributed by atoms with Gasteiger partial charge in [-0.1, -0.05) is 0 Å². The molecule has 1 aliphatic rings. The minimum atomic E-state index is 0.376. The van der Waals surface area contributed by atoms with Gasteiger partial charge in [0.15, 0.2) is 0 Å². The van der Waals surface area contributed by atoms with E-state index in [0.29, 0.717) is 20.1 Å². The lowest BCUT2D eigenvalue weighted by Gasteiger charge is -2.14. The molecular weight excluding hydrogens is 144 g/mol. The third-order valence-corrected chi connectivity index (χ3v) is 1.33. The fourth-order valence-electron chi connectivity index (χ4n) is 0.766. The number of hydrogen-bond donors (Lipinski definition) is 1. The van der Waals surface area contributed by atoms with Gasteiger partial charge >= 0.3 is 0 Å². The number of ether oxygens (including phenoxy) is 2. The quantitative estimate of drug-likeness (QED) is 0.460. The highest BCUT2D eigenvalue weighted by atomic mass is 16.7. The molecule has 0 aliphatic carbocycles. The molecule has 0 saturated heterocycles. The first-order valence-electron chi connectivity index (χ1n) is 3.73. The summed E-state index contributed by atoms with van der Waals surface area (Å²) in [4.78, 5) is 2.01. The molecule has 11 heavy (non-hydrogen) atoms. The molecule has 1 rings (SSSR count). The molecule has 1 N–H and O–H groups in total. The molecule has 0 atom stereocenters. The van der Waals surface area contributed by atoms with Crippen LogP contribution in [0.3, 0.4) is 0 Å². The lowest BCUT2D eigenvalue weighted by molar-refractivity contribution is -0.0768. The summed E-state index contributed by atoms with van der Waals surface area (Å²) in [7, 11) is 0. The van der Waals surface area contributed by atoms with Crippen LogP contribution in [0.4, 0.5) is 0 Å². The van der Waals surface area contributed by atoms with E-state index in [1.807, 2.05) is 24.2 Å². The van der Waals surface area contributed by atoms with E-state index in [0.717, 1.165) is 6.67 Å². The molecule has 0 spiro atoms. The molecule has 4 nitrogen and oxygen atoms in total. The summed E-state index contributed by atoms with van der Waals surface area (Å²) in [6.45, 7) is 4.44. The standard InChI is InChI=1S/C7H14N2O2/c1-2-10-7-11-6-9-4-3-8-5-9/h3-4,8H,2,5-7H2,1H3. The van der Waals surface area contributed by atoms with Gasteiger partial charge in [0, 0.05) is 19.0 Å². The van der Waals surface area contributed by atoms with E-state index in [9.17, 15) is 0 Å². The van der Waals surface area contributed by atoms with Crippen molar-refractivity contribution in [3.8, 4) is 0 Å². The highest BCUT2D eigenvalue weighted by Gasteiger charge is 2.01. The van der Waals surface area contributed by atoms with Crippen molar-refractivity contribution in [3.05, 3.63) is 12.4 Å². The van der Waals surface area contributed by atoms with Crippen molar-refractivity contribution in [2.75, 3.05) is 26.8 Å². The minimum absolute atomic E-state index is 0.376. The average Bonchev–Trinajstić information content (AvgIpc) is 2.50. The Morgan fingerprint density at radius 1 is 1.55 bits per heavy atom.